The zero-order valence-electron chi connectivity index (χ0n) is 13.3. The second-order valence-corrected chi connectivity index (χ2v) is 5.44. The van der Waals surface area contributed by atoms with Crippen molar-refractivity contribution in [2.75, 3.05) is 19.8 Å². The lowest BCUT2D eigenvalue weighted by molar-refractivity contribution is -0.142. The molecule has 0 aliphatic carbocycles. The minimum atomic E-state index is -2.10. The Morgan fingerprint density at radius 1 is 1.12 bits per heavy atom. The molecule has 0 saturated heterocycles. The second-order valence-electron chi connectivity index (χ2n) is 5.44. The fraction of sp³-hybridized carbons (Fsp3) is 0.400. The number of aliphatic hydroxyl groups excluding tert-OH is 2. The van der Waals surface area contributed by atoms with Crippen molar-refractivity contribution >= 4 is 17.8 Å². The number of aromatic hydroxyl groups is 1. The van der Waals surface area contributed by atoms with Gasteiger partial charge >= 0.3 is 5.97 Å². The first kappa shape index (κ1) is 20.4. The van der Waals surface area contributed by atoms with Gasteiger partial charge in [0.25, 0.3) is 5.91 Å². The molecule has 0 fully saturated rings. The number of nitrogens with one attached hydrogen (secondary N) is 2. The van der Waals surface area contributed by atoms with Crippen molar-refractivity contribution in [3.63, 3.8) is 0 Å². The standard InChI is InChI=1S/C15H21N3O7/c16-11(5-9-1-3-10(21)4-2-9)13(24)18-15(7-19,8-20)14(25)17-6-12(22)23/h1-4,11,19-21H,5-8,16H2,(H,17,25)(H,18,24)(H,22,23)/t11-/m0/s1. The lowest BCUT2D eigenvalue weighted by atomic mass is 9.98. The molecule has 0 aliphatic rings. The van der Waals surface area contributed by atoms with E-state index in [1.54, 1.807) is 12.1 Å². The summed E-state index contributed by atoms with van der Waals surface area (Å²) in [6, 6.07) is 4.87. The van der Waals surface area contributed by atoms with Crippen LogP contribution in [-0.4, -0.2) is 69.5 Å². The highest BCUT2D eigenvalue weighted by molar-refractivity contribution is 5.94. The Bertz CT molecular complexity index is 614. The van der Waals surface area contributed by atoms with Gasteiger partial charge in [-0.3, -0.25) is 14.4 Å². The number of hydrogen-bond acceptors (Lipinski definition) is 7. The molecule has 10 heteroatoms. The maximum atomic E-state index is 12.2. The molecule has 2 amide bonds. The van der Waals surface area contributed by atoms with Gasteiger partial charge in [-0.25, -0.2) is 0 Å². The summed E-state index contributed by atoms with van der Waals surface area (Å²) in [4.78, 5) is 34.7. The molecule has 1 rings (SSSR count). The number of benzene rings is 1. The summed E-state index contributed by atoms with van der Waals surface area (Å²) in [5, 5.41) is 40.8. The van der Waals surface area contributed by atoms with Gasteiger partial charge in [0.15, 0.2) is 5.54 Å². The number of phenolic OH excluding ortho intramolecular Hbond substituents is 1. The maximum Gasteiger partial charge on any atom is 0.322 e. The molecule has 0 spiro atoms. The second kappa shape index (κ2) is 8.97. The molecule has 0 radical (unpaired) electrons. The maximum absolute atomic E-state index is 12.2. The van der Waals surface area contributed by atoms with Crippen LogP contribution in [0.4, 0.5) is 0 Å². The summed E-state index contributed by atoms with van der Waals surface area (Å²) in [6.07, 6.45) is 0.0792. The zero-order valence-corrected chi connectivity index (χ0v) is 13.3. The Morgan fingerprint density at radius 2 is 1.68 bits per heavy atom. The largest absolute Gasteiger partial charge is 0.508 e. The number of aliphatic carboxylic acids is 1. The number of carbonyl (C=O) groups excluding carboxylic acids is 2. The first-order valence-electron chi connectivity index (χ1n) is 7.31. The first-order valence-corrected chi connectivity index (χ1v) is 7.31. The summed E-state index contributed by atoms with van der Waals surface area (Å²) in [7, 11) is 0. The Morgan fingerprint density at radius 3 is 2.16 bits per heavy atom. The predicted molar refractivity (Wildman–Crippen MR) is 85.5 cm³/mol. The highest BCUT2D eigenvalue weighted by Crippen LogP contribution is 2.11. The van der Waals surface area contributed by atoms with Gasteiger partial charge in [0.1, 0.15) is 12.3 Å². The van der Waals surface area contributed by atoms with Crippen molar-refractivity contribution in [3.8, 4) is 5.75 Å². The topological polar surface area (TPSA) is 182 Å². The molecule has 0 heterocycles. The van der Waals surface area contributed by atoms with Gasteiger partial charge in [0, 0.05) is 0 Å². The smallest absolute Gasteiger partial charge is 0.322 e. The molecule has 25 heavy (non-hydrogen) atoms. The van der Waals surface area contributed by atoms with E-state index < -0.39 is 49.1 Å². The van der Waals surface area contributed by atoms with Crippen LogP contribution in [0.2, 0.25) is 0 Å². The van der Waals surface area contributed by atoms with Gasteiger partial charge in [-0.05, 0) is 24.1 Å². The number of amides is 2. The highest BCUT2D eigenvalue weighted by Gasteiger charge is 2.40. The first-order chi connectivity index (χ1) is 11.7. The Balaban J connectivity index is 2.78. The van der Waals surface area contributed by atoms with Crippen molar-refractivity contribution in [1.29, 1.82) is 0 Å². The van der Waals surface area contributed by atoms with Crippen LogP contribution in [-0.2, 0) is 20.8 Å². The Labute approximate surface area is 143 Å². The number of carboxylic acid groups (broad SMARTS) is 1. The molecule has 0 saturated carbocycles. The molecular weight excluding hydrogens is 334 g/mol. The number of phenols is 1. The summed E-state index contributed by atoms with van der Waals surface area (Å²) < 4.78 is 0. The average Bonchev–Trinajstić information content (AvgIpc) is 2.59. The van der Waals surface area contributed by atoms with Crippen LogP contribution in [0.1, 0.15) is 5.56 Å². The number of carboxylic acids is 1. The van der Waals surface area contributed by atoms with Gasteiger partial charge in [0.2, 0.25) is 5.91 Å². The third-order valence-electron chi connectivity index (χ3n) is 3.47. The van der Waals surface area contributed by atoms with Crippen molar-refractivity contribution < 1.29 is 34.8 Å². The van der Waals surface area contributed by atoms with Crippen molar-refractivity contribution in [2.45, 2.75) is 18.0 Å². The minimum Gasteiger partial charge on any atom is -0.508 e. The van der Waals surface area contributed by atoms with Crippen molar-refractivity contribution in [2.24, 2.45) is 5.73 Å². The Kier molecular flexibility index (Phi) is 7.30. The van der Waals surface area contributed by atoms with Crippen LogP contribution in [0.25, 0.3) is 0 Å². The zero-order chi connectivity index (χ0) is 19.0. The SMILES string of the molecule is N[C@@H](Cc1ccc(O)cc1)C(=O)NC(CO)(CO)C(=O)NCC(=O)O. The summed E-state index contributed by atoms with van der Waals surface area (Å²) in [6.45, 7) is -2.64. The van der Waals surface area contributed by atoms with Crippen LogP contribution in [0.3, 0.4) is 0 Å². The summed E-state index contributed by atoms with van der Waals surface area (Å²) in [5.41, 5.74) is 4.31. The van der Waals surface area contributed by atoms with E-state index in [1.165, 1.54) is 12.1 Å². The normalized spacial score (nSPS) is 12.3. The molecule has 1 atom stereocenters. The van der Waals surface area contributed by atoms with Crippen molar-refractivity contribution in [1.82, 2.24) is 10.6 Å². The number of rotatable bonds is 9. The van der Waals surface area contributed by atoms with E-state index in [1.807, 2.05) is 5.32 Å². The van der Waals surface area contributed by atoms with E-state index in [2.05, 4.69) is 5.32 Å². The van der Waals surface area contributed by atoms with Gasteiger partial charge in [-0.2, -0.15) is 0 Å². The van der Waals surface area contributed by atoms with Gasteiger partial charge < -0.3 is 36.8 Å². The lowest BCUT2D eigenvalue weighted by Crippen LogP contribution is -2.66. The third-order valence-corrected chi connectivity index (χ3v) is 3.47. The Hall–Kier alpha value is -2.69. The quantitative estimate of drug-likeness (QED) is 0.250. The van der Waals surface area contributed by atoms with E-state index in [-0.39, 0.29) is 12.2 Å². The minimum absolute atomic E-state index is 0.0523. The molecular formula is C15H21N3O7. The van der Waals surface area contributed by atoms with Gasteiger partial charge in [-0.1, -0.05) is 12.1 Å². The third kappa shape index (κ3) is 5.71. The molecule has 0 aliphatic heterocycles. The van der Waals surface area contributed by atoms with Crippen molar-refractivity contribution in [3.05, 3.63) is 29.8 Å². The molecule has 1 aromatic rings. The average molecular weight is 355 g/mol. The predicted octanol–water partition coefficient (Wildman–Crippen LogP) is -2.70. The van der Waals surface area contributed by atoms with Crippen LogP contribution >= 0.6 is 0 Å². The van der Waals surface area contributed by atoms with Crippen LogP contribution in [0, 0.1) is 0 Å². The fourth-order valence-corrected chi connectivity index (χ4v) is 1.96. The number of carbonyl (C=O) groups is 3. The lowest BCUT2D eigenvalue weighted by Gasteiger charge is -2.30. The van der Waals surface area contributed by atoms with E-state index in [0.717, 1.165) is 0 Å². The molecule has 8 N–H and O–H groups in total. The van der Waals surface area contributed by atoms with E-state index in [4.69, 9.17) is 10.8 Å². The molecule has 138 valence electrons. The van der Waals surface area contributed by atoms with E-state index >= 15 is 0 Å². The van der Waals surface area contributed by atoms with Crippen LogP contribution < -0.4 is 16.4 Å². The van der Waals surface area contributed by atoms with E-state index in [9.17, 15) is 29.7 Å². The number of aliphatic hydroxyl groups is 2. The molecule has 10 nitrogen and oxygen atoms in total. The van der Waals surface area contributed by atoms with Crippen LogP contribution in [0.5, 0.6) is 5.75 Å². The van der Waals surface area contributed by atoms with Gasteiger partial charge in [-0.15, -0.1) is 0 Å². The van der Waals surface area contributed by atoms with E-state index in [0.29, 0.717) is 5.56 Å². The summed E-state index contributed by atoms with van der Waals surface area (Å²) >= 11 is 0. The number of hydrogen-bond donors (Lipinski definition) is 7. The highest BCUT2D eigenvalue weighted by atomic mass is 16.4. The molecule has 0 aromatic heterocycles. The van der Waals surface area contributed by atoms with Gasteiger partial charge in [0.05, 0.1) is 19.3 Å². The van der Waals surface area contributed by atoms with Crippen LogP contribution in [0.15, 0.2) is 24.3 Å². The summed E-state index contributed by atoms with van der Waals surface area (Å²) in [5.74, 6) is -3.14. The number of nitrogens with two attached hydrogens (primary N) is 1. The molecule has 0 unspecified atom stereocenters. The fourth-order valence-electron chi connectivity index (χ4n) is 1.96. The monoisotopic (exact) mass is 355 g/mol. The molecule has 0 bridgehead atoms. The molecule has 1 aromatic carbocycles.